The van der Waals surface area contributed by atoms with E-state index in [-0.39, 0.29) is 25.6 Å². The van der Waals surface area contributed by atoms with E-state index in [0.717, 1.165) is 5.56 Å². The molecular weight excluding hydrogens is 414 g/mol. The molecule has 1 aliphatic heterocycles. The van der Waals surface area contributed by atoms with Gasteiger partial charge in [0, 0.05) is 0 Å². The van der Waals surface area contributed by atoms with E-state index in [0.29, 0.717) is 6.42 Å². The van der Waals surface area contributed by atoms with Gasteiger partial charge in [-0.15, -0.1) is 0 Å². The molecule has 1 aliphatic rings. The van der Waals surface area contributed by atoms with Crippen LogP contribution < -0.4 is 5.32 Å². The third-order valence-electron chi connectivity index (χ3n) is 4.66. The molecule has 172 valence electrons. The van der Waals surface area contributed by atoms with Gasteiger partial charge in [-0.25, -0.2) is 4.79 Å². The number of rotatable bonds is 11. The van der Waals surface area contributed by atoms with Crippen molar-refractivity contribution in [1.82, 2.24) is 5.32 Å². The van der Waals surface area contributed by atoms with E-state index in [2.05, 4.69) is 5.32 Å². The zero-order valence-corrected chi connectivity index (χ0v) is 16.9. The molecule has 6 atom stereocenters. The molecule has 1 heterocycles. The first-order valence-electron chi connectivity index (χ1n) is 9.66. The van der Waals surface area contributed by atoms with Gasteiger partial charge < -0.3 is 40.0 Å². The van der Waals surface area contributed by atoms with Gasteiger partial charge in [0.25, 0.3) is 0 Å². The topological polar surface area (TPSA) is 172 Å². The van der Waals surface area contributed by atoms with Gasteiger partial charge in [-0.1, -0.05) is 30.3 Å². The number of carbonyl (C=O) groups is 3. The van der Waals surface area contributed by atoms with Gasteiger partial charge in [-0.3, -0.25) is 9.59 Å². The van der Waals surface area contributed by atoms with Crippen molar-refractivity contribution < 1.29 is 49.0 Å². The fourth-order valence-corrected chi connectivity index (χ4v) is 2.96. The maximum atomic E-state index is 12.0. The second-order valence-corrected chi connectivity index (χ2v) is 7.08. The lowest BCUT2D eigenvalue weighted by molar-refractivity contribution is -0.295. The molecule has 2 rings (SSSR count). The summed E-state index contributed by atoms with van der Waals surface area (Å²) >= 11 is 0. The Labute approximate surface area is 178 Å². The standard InChI is InChI=1S/C20H27NO10/c1-11(22)13(9-12-5-3-2-4-6-12)21-14(23)10-29-7-8-30-20-17(26)15(24)16(25)18(31-20)19(27)28/h2-6,13,15-18,20,24-26H,7-10H2,1H3,(H,21,23)(H,27,28)/t13-,15-,16-,17+,18-,20+/m0/s1. The first-order valence-corrected chi connectivity index (χ1v) is 9.66. The molecule has 1 aromatic rings. The Morgan fingerprint density at radius 2 is 1.74 bits per heavy atom. The number of carboxylic acids is 1. The van der Waals surface area contributed by atoms with Gasteiger partial charge >= 0.3 is 5.97 Å². The molecule has 11 heteroatoms. The predicted molar refractivity (Wildman–Crippen MR) is 104 cm³/mol. The summed E-state index contributed by atoms with van der Waals surface area (Å²) in [6.45, 7) is 0.729. The van der Waals surface area contributed by atoms with Crippen LogP contribution in [0.3, 0.4) is 0 Å². The number of aliphatic hydroxyl groups excluding tert-OH is 3. The van der Waals surface area contributed by atoms with E-state index in [1.165, 1.54) is 6.92 Å². The van der Waals surface area contributed by atoms with E-state index in [1.807, 2.05) is 30.3 Å². The quantitative estimate of drug-likeness (QED) is 0.247. The van der Waals surface area contributed by atoms with Crippen molar-refractivity contribution in [3.63, 3.8) is 0 Å². The molecule has 5 N–H and O–H groups in total. The zero-order chi connectivity index (χ0) is 23.0. The lowest BCUT2D eigenvalue weighted by atomic mass is 9.99. The summed E-state index contributed by atoms with van der Waals surface area (Å²) in [7, 11) is 0. The van der Waals surface area contributed by atoms with Crippen LogP contribution in [0, 0.1) is 0 Å². The minimum Gasteiger partial charge on any atom is -0.479 e. The highest BCUT2D eigenvalue weighted by atomic mass is 16.7. The van der Waals surface area contributed by atoms with E-state index in [9.17, 15) is 29.7 Å². The highest BCUT2D eigenvalue weighted by Crippen LogP contribution is 2.22. The summed E-state index contributed by atoms with van der Waals surface area (Å²) in [5, 5.41) is 40.7. The third kappa shape index (κ3) is 7.35. The predicted octanol–water partition coefficient (Wildman–Crippen LogP) is -1.77. The van der Waals surface area contributed by atoms with Crippen molar-refractivity contribution in [3.05, 3.63) is 35.9 Å². The Hall–Kier alpha value is -2.41. The monoisotopic (exact) mass is 441 g/mol. The molecule has 0 bridgehead atoms. The molecule has 1 saturated heterocycles. The molecule has 0 spiro atoms. The fourth-order valence-electron chi connectivity index (χ4n) is 2.96. The van der Waals surface area contributed by atoms with Crippen LogP contribution in [0.1, 0.15) is 12.5 Å². The Bertz CT molecular complexity index is 743. The molecule has 0 radical (unpaired) electrons. The molecule has 11 nitrogen and oxygen atoms in total. The Morgan fingerprint density at radius 3 is 2.35 bits per heavy atom. The van der Waals surface area contributed by atoms with Crippen LogP contribution >= 0.6 is 0 Å². The number of ketones is 1. The van der Waals surface area contributed by atoms with Gasteiger partial charge in [0.05, 0.1) is 19.3 Å². The van der Waals surface area contributed by atoms with Crippen LogP contribution in [-0.2, 0) is 35.0 Å². The molecule has 0 aliphatic carbocycles. The summed E-state index contributed by atoms with van der Waals surface area (Å²) in [6, 6.07) is 8.53. The number of Topliss-reactive ketones (excluding diaryl/α,β-unsaturated/α-hetero) is 1. The van der Waals surface area contributed by atoms with Crippen LogP contribution in [-0.4, -0.2) is 94.7 Å². The number of hydrogen-bond acceptors (Lipinski definition) is 9. The molecular formula is C20H27NO10. The largest absolute Gasteiger partial charge is 0.479 e. The van der Waals surface area contributed by atoms with Gasteiger partial charge in [-0.05, 0) is 18.9 Å². The highest BCUT2D eigenvalue weighted by Gasteiger charge is 2.47. The number of aliphatic carboxylic acids is 1. The number of hydrogen-bond donors (Lipinski definition) is 5. The molecule has 0 saturated carbocycles. The smallest absolute Gasteiger partial charge is 0.335 e. The molecule has 1 amide bonds. The van der Waals surface area contributed by atoms with Crippen LogP contribution in [0.5, 0.6) is 0 Å². The first-order chi connectivity index (χ1) is 14.7. The Kier molecular flexibility index (Phi) is 9.49. The first kappa shape index (κ1) is 24.9. The number of amides is 1. The van der Waals surface area contributed by atoms with Crippen LogP contribution in [0.15, 0.2) is 30.3 Å². The summed E-state index contributed by atoms with van der Waals surface area (Å²) in [5.41, 5.74) is 0.898. The Morgan fingerprint density at radius 1 is 1.06 bits per heavy atom. The minimum atomic E-state index is -1.81. The van der Waals surface area contributed by atoms with Crippen LogP contribution in [0.2, 0.25) is 0 Å². The maximum Gasteiger partial charge on any atom is 0.335 e. The second kappa shape index (κ2) is 11.8. The number of benzene rings is 1. The summed E-state index contributed by atoms with van der Waals surface area (Å²) < 4.78 is 15.3. The number of aliphatic hydroxyl groups is 3. The van der Waals surface area contributed by atoms with E-state index in [1.54, 1.807) is 0 Å². The molecule has 1 fully saturated rings. The summed E-state index contributed by atoms with van der Waals surface area (Å²) in [4.78, 5) is 34.9. The summed E-state index contributed by atoms with van der Waals surface area (Å²) in [6.07, 6.45) is -8.14. The minimum absolute atomic E-state index is 0.111. The lowest BCUT2D eigenvalue weighted by Gasteiger charge is -2.38. The fraction of sp³-hybridized carbons (Fsp3) is 0.550. The van der Waals surface area contributed by atoms with Gasteiger partial charge in [0.15, 0.2) is 18.2 Å². The van der Waals surface area contributed by atoms with Crippen molar-refractivity contribution >= 4 is 17.7 Å². The van der Waals surface area contributed by atoms with E-state index < -0.39 is 48.6 Å². The normalized spacial score (nSPS) is 26.8. The van der Waals surface area contributed by atoms with Crippen molar-refractivity contribution in [2.75, 3.05) is 19.8 Å². The van der Waals surface area contributed by atoms with Crippen LogP contribution in [0.4, 0.5) is 0 Å². The number of ether oxygens (including phenoxy) is 3. The SMILES string of the molecule is CC(=O)[C@H](Cc1ccccc1)NC(=O)COCCO[C@@H]1O[C@H](C(=O)O)[C@@H](O)[C@H](O)[C@H]1O. The molecule has 1 aromatic carbocycles. The number of nitrogens with one attached hydrogen (secondary N) is 1. The van der Waals surface area contributed by atoms with E-state index >= 15 is 0 Å². The second-order valence-electron chi connectivity index (χ2n) is 7.08. The molecule has 31 heavy (non-hydrogen) atoms. The maximum absolute atomic E-state index is 12.0. The van der Waals surface area contributed by atoms with E-state index in [4.69, 9.17) is 19.3 Å². The van der Waals surface area contributed by atoms with Gasteiger partial charge in [0.1, 0.15) is 24.9 Å². The van der Waals surface area contributed by atoms with Crippen LogP contribution in [0.25, 0.3) is 0 Å². The third-order valence-corrected chi connectivity index (χ3v) is 4.66. The average molecular weight is 441 g/mol. The Balaban J connectivity index is 1.72. The van der Waals surface area contributed by atoms with Crippen molar-refractivity contribution in [2.45, 2.75) is 50.1 Å². The lowest BCUT2D eigenvalue weighted by Crippen LogP contribution is -2.60. The molecule has 0 unspecified atom stereocenters. The average Bonchev–Trinajstić information content (AvgIpc) is 2.73. The van der Waals surface area contributed by atoms with Gasteiger partial charge in [-0.2, -0.15) is 0 Å². The van der Waals surface area contributed by atoms with Crippen molar-refractivity contribution in [3.8, 4) is 0 Å². The zero-order valence-electron chi connectivity index (χ0n) is 16.9. The van der Waals surface area contributed by atoms with Crippen molar-refractivity contribution in [1.29, 1.82) is 0 Å². The highest BCUT2D eigenvalue weighted by molar-refractivity contribution is 5.88. The summed E-state index contributed by atoms with van der Waals surface area (Å²) in [5.74, 6) is -2.22. The molecule has 0 aromatic heterocycles. The number of carboxylic acid groups (broad SMARTS) is 1. The number of carbonyl (C=O) groups excluding carboxylic acids is 2. The van der Waals surface area contributed by atoms with Crippen molar-refractivity contribution in [2.24, 2.45) is 0 Å². The van der Waals surface area contributed by atoms with Gasteiger partial charge in [0.2, 0.25) is 5.91 Å².